The van der Waals surface area contributed by atoms with Crippen LogP contribution in [0.5, 0.6) is 5.75 Å². The van der Waals surface area contributed by atoms with Crippen LogP contribution in [0.3, 0.4) is 0 Å². The van der Waals surface area contributed by atoms with Crippen molar-refractivity contribution in [1.82, 2.24) is 4.98 Å². The van der Waals surface area contributed by atoms with Crippen LogP contribution in [0, 0.1) is 0 Å². The summed E-state index contributed by atoms with van der Waals surface area (Å²) in [6.45, 7) is 0. The molecule has 128 valence electrons. The van der Waals surface area contributed by atoms with Crippen LogP contribution in [0.25, 0.3) is 10.9 Å². The number of fused-ring (bicyclic) bond motifs is 1. The van der Waals surface area contributed by atoms with Crippen LogP contribution < -0.4 is 9.46 Å². The number of pyridine rings is 1. The zero-order chi connectivity index (χ0) is 18.0. The molecule has 1 aromatic heterocycles. The Kier molecular flexibility index (Phi) is 4.28. The quantitative estimate of drug-likeness (QED) is 0.726. The van der Waals surface area contributed by atoms with Crippen molar-refractivity contribution in [3.63, 3.8) is 0 Å². The second-order valence-corrected chi connectivity index (χ2v) is 6.80. The summed E-state index contributed by atoms with van der Waals surface area (Å²) in [7, 11) is -2.75. The Balaban J connectivity index is 2.10. The van der Waals surface area contributed by atoms with Crippen LogP contribution in [0.1, 0.15) is 10.4 Å². The summed E-state index contributed by atoms with van der Waals surface area (Å²) in [5.41, 5.74) is 0.822. The minimum Gasteiger partial charge on any atom is -0.495 e. The molecular weight excluding hydrogens is 344 g/mol. The molecule has 2 N–H and O–H groups in total. The average Bonchev–Trinajstić information content (AvgIpc) is 2.61. The van der Waals surface area contributed by atoms with E-state index in [-0.39, 0.29) is 16.2 Å². The van der Waals surface area contributed by atoms with E-state index in [1.54, 1.807) is 36.5 Å². The number of carboxylic acids is 1. The summed E-state index contributed by atoms with van der Waals surface area (Å²) in [5, 5.41) is 9.73. The van der Waals surface area contributed by atoms with Crippen LogP contribution >= 0.6 is 0 Å². The molecule has 0 radical (unpaired) electrons. The number of nitrogens with one attached hydrogen (secondary N) is 1. The predicted octanol–water partition coefficient (Wildman–Crippen LogP) is 2.74. The van der Waals surface area contributed by atoms with E-state index in [0.717, 1.165) is 6.07 Å². The van der Waals surface area contributed by atoms with Gasteiger partial charge in [-0.05, 0) is 42.5 Å². The number of aromatic nitrogens is 1. The minimum absolute atomic E-state index is 0.0517. The molecule has 0 bridgehead atoms. The molecule has 8 heteroatoms. The summed E-state index contributed by atoms with van der Waals surface area (Å²) < 4.78 is 33.1. The van der Waals surface area contributed by atoms with Crippen molar-refractivity contribution in [3.8, 4) is 5.75 Å². The van der Waals surface area contributed by atoms with Gasteiger partial charge in [0.05, 0.1) is 23.9 Å². The maximum Gasteiger partial charge on any atom is 0.335 e. The number of sulfonamides is 1. The van der Waals surface area contributed by atoms with E-state index in [0.29, 0.717) is 16.6 Å². The molecule has 0 saturated heterocycles. The lowest BCUT2D eigenvalue weighted by atomic mass is 10.2. The summed E-state index contributed by atoms with van der Waals surface area (Å²) in [5.74, 6) is -1.18. The fourth-order valence-electron chi connectivity index (χ4n) is 2.41. The molecule has 0 fully saturated rings. The number of aromatic carboxylic acids is 1. The third-order valence-electron chi connectivity index (χ3n) is 3.59. The summed E-state index contributed by atoms with van der Waals surface area (Å²) in [6.07, 6.45) is 1.61. The van der Waals surface area contributed by atoms with Gasteiger partial charge in [0.15, 0.2) is 0 Å². The molecule has 2 aromatic carbocycles. The van der Waals surface area contributed by atoms with Crippen LogP contribution in [-0.4, -0.2) is 31.6 Å². The maximum atomic E-state index is 12.8. The topological polar surface area (TPSA) is 106 Å². The van der Waals surface area contributed by atoms with E-state index in [1.165, 1.54) is 19.2 Å². The summed E-state index contributed by atoms with van der Waals surface area (Å²) in [4.78, 5) is 15.1. The van der Waals surface area contributed by atoms with E-state index in [9.17, 15) is 13.2 Å². The number of methoxy groups -OCH3 is 1. The number of carbonyl (C=O) groups is 1. The highest BCUT2D eigenvalue weighted by atomic mass is 32.2. The lowest BCUT2D eigenvalue weighted by Crippen LogP contribution is -2.15. The Morgan fingerprint density at radius 3 is 2.68 bits per heavy atom. The molecule has 0 aliphatic heterocycles. The largest absolute Gasteiger partial charge is 0.495 e. The molecule has 3 rings (SSSR count). The van der Waals surface area contributed by atoms with Crippen molar-refractivity contribution in [3.05, 3.63) is 60.3 Å². The molecule has 25 heavy (non-hydrogen) atoms. The lowest BCUT2D eigenvalue weighted by molar-refractivity contribution is 0.0696. The standard InChI is InChI=1S/C17H14N2O5S/c1-24-15-8-7-11(17(20)21)10-16(15)25(22,23)19-14-6-2-5-13-12(14)4-3-9-18-13/h2-10,19H,1H3,(H,20,21). The van der Waals surface area contributed by atoms with E-state index >= 15 is 0 Å². The van der Waals surface area contributed by atoms with Crippen molar-refractivity contribution in [1.29, 1.82) is 0 Å². The average molecular weight is 358 g/mol. The number of benzene rings is 2. The number of anilines is 1. The van der Waals surface area contributed by atoms with Gasteiger partial charge in [-0.15, -0.1) is 0 Å². The van der Waals surface area contributed by atoms with Crippen molar-refractivity contribution < 1.29 is 23.1 Å². The SMILES string of the molecule is COc1ccc(C(=O)O)cc1S(=O)(=O)Nc1cccc2ncccc12. The highest BCUT2D eigenvalue weighted by Gasteiger charge is 2.22. The number of hydrogen-bond donors (Lipinski definition) is 2. The monoisotopic (exact) mass is 358 g/mol. The van der Waals surface area contributed by atoms with Crippen LogP contribution in [-0.2, 0) is 10.0 Å². The molecule has 0 aliphatic rings. The Morgan fingerprint density at radius 2 is 1.96 bits per heavy atom. The number of nitrogens with zero attached hydrogens (tertiary/aromatic N) is 1. The Hall–Kier alpha value is -3.13. The highest BCUT2D eigenvalue weighted by molar-refractivity contribution is 7.92. The van der Waals surface area contributed by atoms with Crippen LogP contribution in [0.4, 0.5) is 5.69 Å². The van der Waals surface area contributed by atoms with Crippen molar-refractivity contribution in [2.24, 2.45) is 0 Å². The molecule has 1 heterocycles. The Morgan fingerprint density at radius 1 is 1.16 bits per heavy atom. The van der Waals surface area contributed by atoms with Gasteiger partial charge in [0.1, 0.15) is 10.6 Å². The third-order valence-corrected chi connectivity index (χ3v) is 4.98. The first-order valence-electron chi connectivity index (χ1n) is 7.20. The molecule has 0 unspecified atom stereocenters. The van der Waals surface area contributed by atoms with Gasteiger partial charge in [-0.25, -0.2) is 13.2 Å². The van der Waals surface area contributed by atoms with E-state index in [2.05, 4.69) is 9.71 Å². The number of hydrogen-bond acceptors (Lipinski definition) is 5. The zero-order valence-corrected chi connectivity index (χ0v) is 13.9. The minimum atomic E-state index is -4.07. The fourth-order valence-corrected chi connectivity index (χ4v) is 3.69. The molecule has 0 saturated carbocycles. The van der Waals surface area contributed by atoms with E-state index < -0.39 is 16.0 Å². The first-order chi connectivity index (χ1) is 11.9. The normalized spacial score (nSPS) is 11.2. The van der Waals surface area contributed by atoms with Gasteiger partial charge >= 0.3 is 5.97 Å². The smallest absolute Gasteiger partial charge is 0.335 e. The van der Waals surface area contributed by atoms with Crippen molar-refractivity contribution in [2.75, 3.05) is 11.8 Å². The number of rotatable bonds is 5. The van der Waals surface area contributed by atoms with Gasteiger partial charge in [-0.3, -0.25) is 9.71 Å². The van der Waals surface area contributed by atoms with Crippen molar-refractivity contribution in [2.45, 2.75) is 4.90 Å². The first-order valence-corrected chi connectivity index (χ1v) is 8.68. The molecule has 0 spiro atoms. The Bertz CT molecular complexity index is 1060. The van der Waals surface area contributed by atoms with Gasteiger partial charge in [-0.2, -0.15) is 0 Å². The van der Waals surface area contributed by atoms with Crippen molar-refractivity contribution >= 4 is 32.6 Å². The number of carboxylic acid groups (broad SMARTS) is 1. The van der Waals surface area contributed by atoms with E-state index in [1.807, 2.05) is 0 Å². The van der Waals surface area contributed by atoms with Crippen LogP contribution in [0.15, 0.2) is 59.6 Å². The molecular formula is C17H14N2O5S. The maximum absolute atomic E-state index is 12.8. The van der Waals surface area contributed by atoms with Crippen LogP contribution in [0.2, 0.25) is 0 Å². The Labute approximate surface area is 143 Å². The van der Waals surface area contributed by atoms with Gasteiger partial charge in [-0.1, -0.05) is 6.07 Å². The van der Waals surface area contributed by atoms with Gasteiger partial charge in [0, 0.05) is 11.6 Å². The zero-order valence-electron chi connectivity index (χ0n) is 13.1. The van der Waals surface area contributed by atoms with Gasteiger partial charge in [0.25, 0.3) is 10.0 Å². The molecule has 7 nitrogen and oxygen atoms in total. The molecule has 0 amide bonds. The summed E-state index contributed by atoms with van der Waals surface area (Å²) >= 11 is 0. The first kappa shape index (κ1) is 16.7. The second-order valence-electron chi connectivity index (χ2n) is 5.15. The second kappa shape index (κ2) is 6.40. The molecule has 0 aliphatic carbocycles. The fraction of sp³-hybridized carbons (Fsp3) is 0.0588. The lowest BCUT2D eigenvalue weighted by Gasteiger charge is -2.13. The molecule has 0 atom stereocenters. The van der Waals surface area contributed by atoms with Gasteiger partial charge in [0.2, 0.25) is 0 Å². The number of ether oxygens (including phenoxy) is 1. The molecule has 3 aromatic rings. The predicted molar refractivity (Wildman–Crippen MR) is 92.5 cm³/mol. The van der Waals surface area contributed by atoms with Gasteiger partial charge < -0.3 is 9.84 Å². The highest BCUT2D eigenvalue weighted by Crippen LogP contribution is 2.29. The third kappa shape index (κ3) is 3.24. The summed E-state index contributed by atoms with van der Waals surface area (Å²) in [6, 6.07) is 12.1. The van der Waals surface area contributed by atoms with E-state index in [4.69, 9.17) is 9.84 Å².